The van der Waals surface area contributed by atoms with Crippen LogP contribution in [0.3, 0.4) is 0 Å². The smallest absolute Gasteiger partial charge is 0.192 e. The van der Waals surface area contributed by atoms with Gasteiger partial charge in [-0.15, -0.1) is 0 Å². The van der Waals surface area contributed by atoms with Gasteiger partial charge in [0.1, 0.15) is 14.0 Å². The highest BCUT2D eigenvalue weighted by Gasteiger charge is 2.36. The van der Waals surface area contributed by atoms with Crippen molar-refractivity contribution in [1.29, 1.82) is 0 Å². The number of rotatable bonds is 5. The quantitative estimate of drug-likeness (QED) is 0.240. The summed E-state index contributed by atoms with van der Waals surface area (Å²) in [5, 5.41) is 0.179. The molecule has 1 aromatic rings. The maximum absolute atomic E-state index is 13.4. The summed E-state index contributed by atoms with van der Waals surface area (Å²) >= 11 is 3.91. The third-order valence-electron chi connectivity index (χ3n) is 3.46. The molecule has 0 fully saturated rings. The Morgan fingerprint density at radius 3 is 2.35 bits per heavy atom. The van der Waals surface area contributed by atoms with Gasteiger partial charge in [-0.25, -0.2) is 9.37 Å². The van der Waals surface area contributed by atoms with E-state index in [1.165, 1.54) is 6.07 Å². The van der Waals surface area contributed by atoms with Gasteiger partial charge >= 0.3 is 0 Å². The predicted molar refractivity (Wildman–Crippen MR) is 98.3 cm³/mol. The van der Waals surface area contributed by atoms with E-state index in [0.717, 1.165) is 0 Å². The molecule has 1 heterocycles. The average molecular weight is 523 g/mol. The molecular weight excluding hydrogens is 503 g/mol. The fourth-order valence-electron chi connectivity index (χ4n) is 1.20. The van der Waals surface area contributed by atoms with Crippen molar-refractivity contribution in [2.24, 2.45) is 0 Å². The van der Waals surface area contributed by atoms with Crippen LogP contribution in [0, 0.1) is 13.2 Å². The van der Waals surface area contributed by atoms with E-state index in [4.69, 9.17) is 9.16 Å². The Labute approximate surface area is 148 Å². The van der Waals surface area contributed by atoms with E-state index < -0.39 is 8.32 Å². The van der Waals surface area contributed by atoms with Crippen molar-refractivity contribution in [3.8, 4) is 5.75 Å². The third-order valence-corrected chi connectivity index (χ3v) is 9.53. The molecule has 0 unspecified atom stereocenters. The summed E-state index contributed by atoms with van der Waals surface area (Å²) < 4.78 is 26.0. The van der Waals surface area contributed by atoms with E-state index in [2.05, 4.69) is 38.8 Å². The van der Waals surface area contributed by atoms with Crippen molar-refractivity contribution in [2.75, 3.05) is 13.2 Å². The number of nitrogens with zero attached hydrogens (tertiary/aromatic N) is 1. The van der Waals surface area contributed by atoms with Crippen molar-refractivity contribution in [3.05, 3.63) is 19.3 Å². The zero-order valence-corrected chi connectivity index (χ0v) is 17.7. The van der Waals surface area contributed by atoms with Crippen LogP contribution in [0.1, 0.15) is 20.8 Å². The van der Waals surface area contributed by atoms with E-state index in [0.29, 0.717) is 26.4 Å². The molecule has 1 rings (SSSR count). The summed E-state index contributed by atoms with van der Waals surface area (Å²) in [4.78, 5) is 4.08. The standard InChI is InChI=1S/C13H20FI2NO2Si/c1-13(2,3)20(4,5)19-7-6-18-10-8-9(14)11(15)17-12(10)16/h8H,6-7H2,1-5H3. The van der Waals surface area contributed by atoms with Crippen molar-refractivity contribution in [1.82, 2.24) is 4.98 Å². The molecular formula is C13H20FI2NO2Si. The molecule has 7 heteroatoms. The number of pyridine rings is 1. The van der Waals surface area contributed by atoms with E-state index >= 15 is 0 Å². The number of halogens is 3. The molecule has 0 saturated carbocycles. The van der Waals surface area contributed by atoms with E-state index in [9.17, 15) is 4.39 Å². The molecule has 3 nitrogen and oxygen atoms in total. The van der Waals surface area contributed by atoms with Gasteiger partial charge in [-0.2, -0.15) is 0 Å². The van der Waals surface area contributed by atoms with Crippen LogP contribution >= 0.6 is 45.2 Å². The first-order chi connectivity index (χ1) is 9.04. The molecule has 0 bridgehead atoms. The molecule has 0 spiro atoms. The number of hydrogen-bond donors (Lipinski definition) is 0. The van der Waals surface area contributed by atoms with E-state index in [1.807, 2.05) is 45.2 Å². The monoisotopic (exact) mass is 523 g/mol. The molecule has 0 saturated heterocycles. The normalized spacial score (nSPS) is 12.6. The second kappa shape index (κ2) is 7.19. The Morgan fingerprint density at radius 1 is 1.20 bits per heavy atom. The van der Waals surface area contributed by atoms with Crippen LogP contribution in [0.25, 0.3) is 0 Å². The van der Waals surface area contributed by atoms with E-state index in [1.54, 1.807) is 0 Å². The number of hydrogen-bond acceptors (Lipinski definition) is 3. The van der Waals surface area contributed by atoms with Gasteiger partial charge in [0.15, 0.2) is 19.9 Å². The van der Waals surface area contributed by atoms with Crippen molar-refractivity contribution in [2.45, 2.75) is 38.9 Å². The van der Waals surface area contributed by atoms with Gasteiger partial charge in [0.05, 0.1) is 6.61 Å². The SMILES string of the molecule is CC(C)(C)[Si](C)(C)OCCOc1cc(F)c(I)nc1I. The summed E-state index contributed by atoms with van der Waals surface area (Å²) in [6, 6.07) is 1.38. The maximum Gasteiger partial charge on any atom is 0.192 e. The maximum atomic E-state index is 13.4. The van der Waals surface area contributed by atoms with Crippen molar-refractivity contribution in [3.63, 3.8) is 0 Å². The van der Waals surface area contributed by atoms with Crippen LogP contribution in [0.4, 0.5) is 4.39 Å². The second-order valence-electron chi connectivity index (χ2n) is 6.01. The highest BCUT2D eigenvalue weighted by Crippen LogP contribution is 2.36. The van der Waals surface area contributed by atoms with Gasteiger partial charge in [-0.3, -0.25) is 0 Å². The molecule has 0 aliphatic rings. The molecule has 0 amide bonds. The van der Waals surface area contributed by atoms with Gasteiger partial charge in [-0.05, 0) is 63.3 Å². The molecule has 0 radical (unpaired) electrons. The summed E-state index contributed by atoms with van der Waals surface area (Å²) in [6.07, 6.45) is 0. The van der Waals surface area contributed by atoms with Gasteiger partial charge in [0.2, 0.25) is 0 Å². The highest BCUT2D eigenvalue weighted by molar-refractivity contribution is 14.1. The third kappa shape index (κ3) is 5.06. The molecule has 0 N–H and O–H groups in total. The summed E-state index contributed by atoms with van der Waals surface area (Å²) in [7, 11) is -1.75. The summed E-state index contributed by atoms with van der Waals surface area (Å²) in [5.74, 6) is 0.119. The molecule has 1 aromatic heterocycles. The van der Waals surface area contributed by atoms with Crippen LogP contribution in [-0.2, 0) is 4.43 Å². The van der Waals surface area contributed by atoms with E-state index in [-0.39, 0.29) is 10.9 Å². The summed E-state index contributed by atoms with van der Waals surface area (Å²) in [5.41, 5.74) is 0. The van der Waals surface area contributed by atoms with Crippen LogP contribution < -0.4 is 4.74 Å². The predicted octanol–water partition coefficient (Wildman–Crippen LogP) is 4.83. The molecule has 114 valence electrons. The lowest BCUT2D eigenvalue weighted by Crippen LogP contribution is -2.41. The minimum atomic E-state index is -1.75. The summed E-state index contributed by atoms with van der Waals surface area (Å²) in [6.45, 7) is 11.9. The first kappa shape index (κ1) is 18.6. The first-order valence-electron chi connectivity index (χ1n) is 6.33. The zero-order chi connectivity index (χ0) is 15.6. The molecule has 0 atom stereocenters. The van der Waals surface area contributed by atoms with Crippen LogP contribution in [0.5, 0.6) is 5.75 Å². The average Bonchev–Trinajstić information content (AvgIpc) is 2.29. The fourth-order valence-corrected chi connectivity index (χ4v) is 3.63. The lowest BCUT2D eigenvalue weighted by atomic mass is 10.2. The Kier molecular flexibility index (Phi) is 6.67. The Hall–Kier alpha value is 0.517. The van der Waals surface area contributed by atoms with Crippen molar-refractivity contribution < 1.29 is 13.6 Å². The Morgan fingerprint density at radius 2 is 1.80 bits per heavy atom. The topological polar surface area (TPSA) is 31.4 Å². The minimum Gasteiger partial charge on any atom is -0.488 e. The van der Waals surface area contributed by atoms with Gasteiger partial charge in [0.25, 0.3) is 0 Å². The number of ether oxygens (including phenoxy) is 1. The highest BCUT2D eigenvalue weighted by atomic mass is 127. The largest absolute Gasteiger partial charge is 0.488 e. The molecule has 0 aromatic carbocycles. The minimum absolute atomic E-state index is 0.179. The van der Waals surface area contributed by atoms with Crippen LogP contribution in [0.15, 0.2) is 6.07 Å². The Bertz CT molecular complexity index is 478. The fraction of sp³-hybridized carbons (Fsp3) is 0.615. The molecule has 0 aliphatic carbocycles. The first-order valence-corrected chi connectivity index (χ1v) is 11.4. The zero-order valence-electron chi connectivity index (χ0n) is 12.4. The molecule has 20 heavy (non-hydrogen) atoms. The van der Waals surface area contributed by atoms with Gasteiger partial charge < -0.3 is 9.16 Å². The van der Waals surface area contributed by atoms with Gasteiger partial charge in [-0.1, -0.05) is 20.8 Å². The number of aromatic nitrogens is 1. The van der Waals surface area contributed by atoms with Crippen molar-refractivity contribution >= 4 is 53.5 Å². The lowest BCUT2D eigenvalue weighted by molar-refractivity contribution is 0.201. The second-order valence-corrected chi connectivity index (χ2v) is 12.9. The molecule has 0 aliphatic heterocycles. The van der Waals surface area contributed by atoms with Crippen LogP contribution in [0.2, 0.25) is 18.1 Å². The van der Waals surface area contributed by atoms with Gasteiger partial charge in [0, 0.05) is 6.07 Å². The Balaban J connectivity index is 2.52. The lowest BCUT2D eigenvalue weighted by Gasteiger charge is -2.36. The van der Waals surface area contributed by atoms with Crippen LogP contribution in [-0.4, -0.2) is 26.5 Å².